The van der Waals surface area contributed by atoms with Crippen LogP contribution in [0.5, 0.6) is 0 Å². The molecule has 2 unspecified atom stereocenters. The number of halogens is 1. The van der Waals surface area contributed by atoms with Crippen molar-refractivity contribution in [1.82, 2.24) is 5.43 Å². The Morgan fingerprint density at radius 1 is 1.20 bits per heavy atom. The molecule has 0 amide bonds. The summed E-state index contributed by atoms with van der Waals surface area (Å²) in [5.74, 6) is 6.03. The van der Waals surface area contributed by atoms with E-state index in [1.807, 2.05) is 6.07 Å². The molecule has 2 atom stereocenters. The van der Waals surface area contributed by atoms with Crippen LogP contribution >= 0.6 is 0 Å². The third kappa shape index (κ3) is 2.76. The summed E-state index contributed by atoms with van der Waals surface area (Å²) in [4.78, 5) is 0. The van der Waals surface area contributed by atoms with Crippen LogP contribution in [0.2, 0.25) is 0 Å². The lowest BCUT2D eigenvalue weighted by atomic mass is 9.86. The van der Waals surface area contributed by atoms with E-state index in [1.54, 1.807) is 12.1 Å². The van der Waals surface area contributed by atoms with Crippen LogP contribution in [0.4, 0.5) is 4.39 Å². The second kappa shape index (κ2) is 5.24. The second-order valence-electron chi connectivity index (χ2n) is 4.27. The topological polar surface area (TPSA) is 38.0 Å². The Morgan fingerprint density at radius 3 is 2.27 bits per heavy atom. The molecule has 1 aromatic carbocycles. The molecule has 2 nitrogen and oxygen atoms in total. The van der Waals surface area contributed by atoms with Gasteiger partial charge in [-0.15, -0.1) is 0 Å². The predicted octanol–water partition coefficient (Wildman–Crippen LogP) is 2.62. The predicted molar refractivity (Wildman–Crippen MR) is 60.5 cm³/mol. The lowest BCUT2D eigenvalue weighted by Crippen LogP contribution is -2.35. The molecular formula is C12H19FN2. The summed E-state index contributed by atoms with van der Waals surface area (Å²) in [5, 5.41) is 0. The minimum absolute atomic E-state index is 0.133. The maximum absolute atomic E-state index is 13.6. The Balaban J connectivity index is 2.97. The van der Waals surface area contributed by atoms with Crippen molar-refractivity contribution in [3.63, 3.8) is 0 Å². The first-order chi connectivity index (χ1) is 7.07. The number of hydrazine groups is 1. The fourth-order valence-corrected chi connectivity index (χ4v) is 1.64. The van der Waals surface area contributed by atoms with E-state index in [4.69, 9.17) is 5.84 Å². The van der Waals surface area contributed by atoms with Crippen molar-refractivity contribution in [2.45, 2.75) is 26.8 Å². The quantitative estimate of drug-likeness (QED) is 0.592. The van der Waals surface area contributed by atoms with E-state index in [0.717, 1.165) is 0 Å². The number of hydrogen-bond acceptors (Lipinski definition) is 2. The van der Waals surface area contributed by atoms with Gasteiger partial charge in [0, 0.05) is 5.56 Å². The van der Waals surface area contributed by atoms with Crippen LogP contribution in [-0.2, 0) is 0 Å². The third-order valence-electron chi connectivity index (χ3n) is 3.00. The zero-order chi connectivity index (χ0) is 11.4. The molecule has 3 N–H and O–H groups in total. The highest BCUT2D eigenvalue weighted by Gasteiger charge is 2.22. The summed E-state index contributed by atoms with van der Waals surface area (Å²) in [7, 11) is 0. The van der Waals surface area contributed by atoms with Gasteiger partial charge in [-0.1, -0.05) is 39.0 Å². The molecule has 0 aliphatic heterocycles. The highest BCUT2D eigenvalue weighted by atomic mass is 19.1. The molecule has 0 radical (unpaired) electrons. The van der Waals surface area contributed by atoms with E-state index >= 15 is 0 Å². The van der Waals surface area contributed by atoms with Crippen LogP contribution in [0.25, 0.3) is 0 Å². The number of nitrogens with one attached hydrogen (secondary N) is 1. The molecule has 0 saturated carbocycles. The van der Waals surface area contributed by atoms with Crippen molar-refractivity contribution in [3.05, 3.63) is 35.6 Å². The molecule has 0 heterocycles. The second-order valence-corrected chi connectivity index (χ2v) is 4.27. The van der Waals surface area contributed by atoms with Gasteiger partial charge in [0.05, 0.1) is 6.04 Å². The van der Waals surface area contributed by atoms with Crippen LogP contribution in [0.3, 0.4) is 0 Å². The smallest absolute Gasteiger partial charge is 0.128 e. The van der Waals surface area contributed by atoms with Gasteiger partial charge in [0.1, 0.15) is 5.82 Å². The van der Waals surface area contributed by atoms with Crippen molar-refractivity contribution in [3.8, 4) is 0 Å². The minimum atomic E-state index is -0.201. The first-order valence-electron chi connectivity index (χ1n) is 5.28. The maximum atomic E-state index is 13.6. The summed E-state index contributed by atoms with van der Waals surface area (Å²) in [6.07, 6.45) is 0. The molecule has 1 rings (SSSR count). The lowest BCUT2D eigenvalue weighted by molar-refractivity contribution is 0.300. The number of hydrogen-bond donors (Lipinski definition) is 2. The summed E-state index contributed by atoms with van der Waals surface area (Å²) >= 11 is 0. The first-order valence-corrected chi connectivity index (χ1v) is 5.28. The van der Waals surface area contributed by atoms with Gasteiger partial charge in [0.15, 0.2) is 0 Å². The minimum Gasteiger partial charge on any atom is -0.271 e. The SMILES string of the molecule is CC(C)C(C)C(NN)c1ccccc1F. The highest BCUT2D eigenvalue weighted by molar-refractivity contribution is 5.21. The maximum Gasteiger partial charge on any atom is 0.128 e. The third-order valence-corrected chi connectivity index (χ3v) is 3.00. The lowest BCUT2D eigenvalue weighted by Gasteiger charge is -2.26. The Hall–Kier alpha value is -0.930. The van der Waals surface area contributed by atoms with Crippen molar-refractivity contribution in [1.29, 1.82) is 0 Å². The van der Waals surface area contributed by atoms with Gasteiger partial charge >= 0.3 is 0 Å². The fraction of sp³-hybridized carbons (Fsp3) is 0.500. The van der Waals surface area contributed by atoms with Gasteiger partial charge in [0.25, 0.3) is 0 Å². The molecule has 0 aliphatic carbocycles. The molecule has 84 valence electrons. The van der Waals surface area contributed by atoms with Gasteiger partial charge in [-0.05, 0) is 17.9 Å². The zero-order valence-electron chi connectivity index (χ0n) is 9.50. The Morgan fingerprint density at radius 2 is 1.80 bits per heavy atom. The largest absolute Gasteiger partial charge is 0.271 e. The van der Waals surface area contributed by atoms with Crippen LogP contribution in [0.15, 0.2) is 24.3 Å². The molecular weight excluding hydrogens is 191 g/mol. The van der Waals surface area contributed by atoms with Gasteiger partial charge in [-0.3, -0.25) is 11.3 Å². The van der Waals surface area contributed by atoms with Crippen molar-refractivity contribution >= 4 is 0 Å². The van der Waals surface area contributed by atoms with E-state index in [1.165, 1.54) is 6.07 Å². The van der Waals surface area contributed by atoms with E-state index in [9.17, 15) is 4.39 Å². The summed E-state index contributed by atoms with van der Waals surface area (Å²) in [5.41, 5.74) is 3.34. The number of benzene rings is 1. The monoisotopic (exact) mass is 210 g/mol. The van der Waals surface area contributed by atoms with Crippen molar-refractivity contribution in [2.75, 3.05) is 0 Å². The van der Waals surface area contributed by atoms with Crippen LogP contribution in [0, 0.1) is 17.7 Å². The van der Waals surface area contributed by atoms with E-state index in [-0.39, 0.29) is 17.8 Å². The fourth-order valence-electron chi connectivity index (χ4n) is 1.64. The van der Waals surface area contributed by atoms with Crippen LogP contribution in [0.1, 0.15) is 32.4 Å². The molecule has 0 spiro atoms. The molecule has 0 saturated heterocycles. The summed E-state index contributed by atoms with van der Waals surface area (Å²) < 4.78 is 13.6. The van der Waals surface area contributed by atoms with Gasteiger partial charge in [-0.25, -0.2) is 4.39 Å². The zero-order valence-corrected chi connectivity index (χ0v) is 9.50. The first kappa shape index (κ1) is 12.1. The van der Waals surface area contributed by atoms with Crippen LogP contribution < -0.4 is 11.3 Å². The number of rotatable bonds is 4. The summed E-state index contributed by atoms with van der Waals surface area (Å²) in [6.45, 7) is 6.29. The van der Waals surface area contributed by atoms with E-state index in [0.29, 0.717) is 11.5 Å². The average molecular weight is 210 g/mol. The van der Waals surface area contributed by atoms with Crippen LogP contribution in [-0.4, -0.2) is 0 Å². The molecule has 1 aromatic rings. The molecule has 0 aromatic heterocycles. The molecule has 0 fully saturated rings. The van der Waals surface area contributed by atoms with Gasteiger partial charge < -0.3 is 0 Å². The highest BCUT2D eigenvalue weighted by Crippen LogP contribution is 2.28. The Kier molecular flexibility index (Phi) is 4.24. The average Bonchev–Trinajstić information content (AvgIpc) is 2.21. The standard InChI is InChI=1S/C12H19FN2/c1-8(2)9(3)12(15-14)10-6-4-5-7-11(10)13/h4-9,12,15H,14H2,1-3H3. The molecule has 0 bridgehead atoms. The van der Waals surface area contributed by atoms with Gasteiger partial charge in [-0.2, -0.15) is 0 Å². The number of nitrogens with two attached hydrogens (primary N) is 1. The Labute approximate surface area is 90.6 Å². The normalized spacial score (nSPS) is 15.3. The Bertz CT molecular complexity index is 312. The van der Waals surface area contributed by atoms with Gasteiger partial charge in [0.2, 0.25) is 0 Å². The molecule has 15 heavy (non-hydrogen) atoms. The van der Waals surface area contributed by atoms with Crippen molar-refractivity contribution in [2.24, 2.45) is 17.7 Å². The molecule has 3 heteroatoms. The van der Waals surface area contributed by atoms with Crippen molar-refractivity contribution < 1.29 is 4.39 Å². The van der Waals surface area contributed by atoms with E-state index < -0.39 is 0 Å². The van der Waals surface area contributed by atoms with E-state index in [2.05, 4.69) is 26.2 Å². The summed E-state index contributed by atoms with van der Waals surface area (Å²) in [6, 6.07) is 6.62. The molecule has 0 aliphatic rings.